The number of hydrogen-bond donors (Lipinski definition) is 2. The van der Waals surface area contributed by atoms with Crippen LogP contribution in [0.1, 0.15) is 6.92 Å². The Kier molecular flexibility index (Phi) is 3.85. The molecule has 2 N–H and O–H groups in total. The highest BCUT2D eigenvalue weighted by atomic mass is 35.5. The van der Waals surface area contributed by atoms with Gasteiger partial charge < -0.3 is 10.6 Å². The minimum atomic E-state index is -0.0881. The van der Waals surface area contributed by atoms with Gasteiger partial charge in [-0.05, 0) is 36.4 Å². The van der Waals surface area contributed by atoms with E-state index in [4.69, 9.17) is 11.6 Å². The van der Waals surface area contributed by atoms with Crippen molar-refractivity contribution in [2.75, 3.05) is 10.6 Å². The fraction of sp³-hybridized carbons (Fsp3) is 0.0714. The summed E-state index contributed by atoms with van der Waals surface area (Å²) in [5.74, 6) is -0.0881. The summed E-state index contributed by atoms with van der Waals surface area (Å²) in [5, 5.41) is 6.64. The molecule has 0 unspecified atom stereocenters. The van der Waals surface area contributed by atoms with Crippen LogP contribution >= 0.6 is 11.6 Å². The number of carbonyl (C=O) groups is 1. The van der Waals surface area contributed by atoms with Crippen LogP contribution in [0.3, 0.4) is 0 Å². The van der Waals surface area contributed by atoms with Crippen LogP contribution in [0.5, 0.6) is 0 Å². The van der Waals surface area contributed by atoms with E-state index in [1.165, 1.54) is 6.92 Å². The zero-order valence-corrected chi connectivity index (χ0v) is 10.7. The quantitative estimate of drug-likeness (QED) is 0.874. The minimum Gasteiger partial charge on any atom is -0.355 e. The molecule has 0 heterocycles. The van der Waals surface area contributed by atoms with Crippen LogP contribution in [0.15, 0.2) is 48.5 Å². The molecule has 2 aromatic carbocycles. The molecule has 92 valence electrons. The Hall–Kier alpha value is -2.00. The highest BCUT2D eigenvalue weighted by Gasteiger charge is 1.99. The summed E-state index contributed by atoms with van der Waals surface area (Å²) in [6, 6.07) is 15.0. The molecular formula is C14H13ClN2O. The summed E-state index contributed by atoms with van der Waals surface area (Å²) < 4.78 is 0. The van der Waals surface area contributed by atoms with Crippen LogP contribution in [0.25, 0.3) is 0 Å². The van der Waals surface area contributed by atoms with Crippen molar-refractivity contribution in [2.45, 2.75) is 6.92 Å². The van der Waals surface area contributed by atoms with Crippen molar-refractivity contribution in [3.05, 3.63) is 53.6 Å². The maximum absolute atomic E-state index is 11.0. The van der Waals surface area contributed by atoms with Crippen molar-refractivity contribution in [3.8, 4) is 0 Å². The predicted octanol–water partition coefficient (Wildman–Crippen LogP) is 4.04. The van der Waals surface area contributed by atoms with E-state index in [-0.39, 0.29) is 5.91 Å². The number of hydrogen-bond acceptors (Lipinski definition) is 2. The molecule has 3 nitrogen and oxygen atoms in total. The maximum atomic E-state index is 11.0. The first kappa shape index (κ1) is 12.5. The highest BCUT2D eigenvalue weighted by molar-refractivity contribution is 6.30. The summed E-state index contributed by atoms with van der Waals surface area (Å²) in [7, 11) is 0. The molecule has 0 aliphatic rings. The third-order valence-electron chi connectivity index (χ3n) is 2.30. The second-order valence-corrected chi connectivity index (χ2v) is 4.33. The molecule has 0 spiro atoms. The molecule has 4 heteroatoms. The summed E-state index contributed by atoms with van der Waals surface area (Å²) in [4.78, 5) is 11.0. The number of benzene rings is 2. The third kappa shape index (κ3) is 3.50. The van der Waals surface area contributed by atoms with E-state index in [9.17, 15) is 4.79 Å². The zero-order valence-electron chi connectivity index (χ0n) is 9.91. The Bertz CT molecular complexity index is 569. The van der Waals surface area contributed by atoms with Gasteiger partial charge in [0.15, 0.2) is 0 Å². The molecule has 0 aliphatic heterocycles. The molecule has 0 bridgehead atoms. The van der Waals surface area contributed by atoms with Gasteiger partial charge in [-0.25, -0.2) is 0 Å². The largest absolute Gasteiger partial charge is 0.355 e. The van der Waals surface area contributed by atoms with E-state index >= 15 is 0 Å². The number of rotatable bonds is 3. The summed E-state index contributed by atoms with van der Waals surface area (Å²) in [6.45, 7) is 1.48. The van der Waals surface area contributed by atoms with Gasteiger partial charge in [-0.2, -0.15) is 0 Å². The van der Waals surface area contributed by atoms with Crippen molar-refractivity contribution < 1.29 is 4.79 Å². The average Bonchev–Trinajstić information content (AvgIpc) is 2.28. The van der Waals surface area contributed by atoms with E-state index in [2.05, 4.69) is 10.6 Å². The molecule has 1 amide bonds. The summed E-state index contributed by atoms with van der Waals surface area (Å²) in [5.41, 5.74) is 2.56. The van der Waals surface area contributed by atoms with Crippen LogP contribution in [-0.2, 0) is 4.79 Å². The van der Waals surface area contributed by atoms with Crippen LogP contribution in [0.4, 0.5) is 17.1 Å². The van der Waals surface area contributed by atoms with Gasteiger partial charge in [0.1, 0.15) is 0 Å². The molecule has 0 fully saturated rings. The van der Waals surface area contributed by atoms with Gasteiger partial charge >= 0.3 is 0 Å². The molecule has 0 aliphatic carbocycles. The van der Waals surface area contributed by atoms with Gasteiger partial charge in [-0.1, -0.05) is 23.7 Å². The van der Waals surface area contributed by atoms with Gasteiger partial charge in [-0.3, -0.25) is 4.79 Å². The molecule has 0 saturated heterocycles. The van der Waals surface area contributed by atoms with Crippen LogP contribution in [-0.4, -0.2) is 5.91 Å². The lowest BCUT2D eigenvalue weighted by Crippen LogP contribution is -2.05. The van der Waals surface area contributed by atoms with Crippen molar-refractivity contribution in [2.24, 2.45) is 0 Å². The fourth-order valence-electron chi connectivity index (χ4n) is 1.61. The van der Waals surface area contributed by atoms with Gasteiger partial charge in [0.25, 0.3) is 0 Å². The first-order valence-electron chi connectivity index (χ1n) is 5.54. The van der Waals surface area contributed by atoms with Crippen molar-refractivity contribution in [1.82, 2.24) is 0 Å². The number of carbonyl (C=O) groups excluding carboxylic acids is 1. The monoisotopic (exact) mass is 260 g/mol. The smallest absolute Gasteiger partial charge is 0.221 e. The number of anilines is 3. The van der Waals surface area contributed by atoms with E-state index in [0.29, 0.717) is 5.02 Å². The summed E-state index contributed by atoms with van der Waals surface area (Å²) in [6.07, 6.45) is 0. The zero-order chi connectivity index (χ0) is 13.0. The average molecular weight is 261 g/mol. The first-order valence-corrected chi connectivity index (χ1v) is 5.91. The second kappa shape index (κ2) is 5.56. The molecule has 0 aromatic heterocycles. The molecule has 2 aromatic rings. The number of nitrogens with one attached hydrogen (secondary N) is 2. The van der Waals surface area contributed by atoms with Crippen molar-refractivity contribution in [3.63, 3.8) is 0 Å². The van der Waals surface area contributed by atoms with Crippen molar-refractivity contribution in [1.29, 1.82) is 0 Å². The number of halogens is 1. The number of amides is 1. The molecule has 2 rings (SSSR count). The second-order valence-electron chi connectivity index (χ2n) is 3.90. The first-order chi connectivity index (χ1) is 8.63. The predicted molar refractivity (Wildman–Crippen MR) is 75.5 cm³/mol. The molecular weight excluding hydrogens is 248 g/mol. The topological polar surface area (TPSA) is 41.1 Å². The Morgan fingerprint density at radius 2 is 1.61 bits per heavy atom. The Balaban J connectivity index is 2.16. The van der Waals surface area contributed by atoms with Crippen molar-refractivity contribution >= 4 is 34.6 Å². The Morgan fingerprint density at radius 3 is 2.28 bits per heavy atom. The van der Waals surface area contributed by atoms with E-state index in [1.807, 2.05) is 48.5 Å². The van der Waals surface area contributed by atoms with Gasteiger partial charge in [0.2, 0.25) is 5.91 Å². The van der Waals surface area contributed by atoms with Crippen LogP contribution in [0, 0.1) is 0 Å². The third-order valence-corrected chi connectivity index (χ3v) is 2.53. The van der Waals surface area contributed by atoms with E-state index in [0.717, 1.165) is 17.1 Å². The SMILES string of the molecule is CC(=O)Nc1cccc(Nc2cccc(Cl)c2)c1. The molecule has 0 saturated carbocycles. The maximum Gasteiger partial charge on any atom is 0.221 e. The van der Waals surface area contributed by atoms with E-state index < -0.39 is 0 Å². The van der Waals surface area contributed by atoms with Gasteiger partial charge in [0, 0.05) is 29.0 Å². The minimum absolute atomic E-state index is 0.0881. The fourth-order valence-corrected chi connectivity index (χ4v) is 1.80. The lowest BCUT2D eigenvalue weighted by atomic mass is 10.2. The lowest BCUT2D eigenvalue weighted by molar-refractivity contribution is -0.114. The highest BCUT2D eigenvalue weighted by Crippen LogP contribution is 2.22. The van der Waals surface area contributed by atoms with Gasteiger partial charge in [-0.15, -0.1) is 0 Å². The normalized spacial score (nSPS) is 9.89. The van der Waals surface area contributed by atoms with E-state index in [1.54, 1.807) is 0 Å². The Labute approximate surface area is 111 Å². The standard InChI is InChI=1S/C14H13ClN2O/c1-10(18)16-13-6-3-7-14(9-13)17-12-5-2-4-11(15)8-12/h2-9,17H,1H3,(H,16,18). The Morgan fingerprint density at radius 1 is 1.00 bits per heavy atom. The van der Waals surface area contributed by atoms with Crippen LogP contribution < -0.4 is 10.6 Å². The lowest BCUT2D eigenvalue weighted by Gasteiger charge is -2.09. The molecule has 0 atom stereocenters. The molecule has 0 radical (unpaired) electrons. The van der Waals surface area contributed by atoms with Gasteiger partial charge in [0.05, 0.1) is 0 Å². The summed E-state index contributed by atoms with van der Waals surface area (Å²) >= 11 is 5.91. The molecule has 18 heavy (non-hydrogen) atoms. The van der Waals surface area contributed by atoms with Crippen LogP contribution in [0.2, 0.25) is 5.02 Å².